The van der Waals surface area contributed by atoms with Crippen molar-refractivity contribution in [1.29, 1.82) is 0 Å². The standard InChI is InChI=1S/C6H15NO/c1-6(2,3)7-4-5-8/h7-8H,4-5H2,1-3H3/p+1. The Labute approximate surface area is 50.9 Å². The first-order valence-electron chi connectivity index (χ1n) is 3.01. The predicted molar refractivity (Wildman–Crippen MR) is 33.6 cm³/mol. The number of rotatable bonds is 2. The minimum atomic E-state index is 0.267. The normalized spacial score (nSPS) is 12.0. The first kappa shape index (κ1) is 7.92. The smallest absolute Gasteiger partial charge is 0.0994 e. The fourth-order valence-electron chi connectivity index (χ4n) is 0.498. The van der Waals surface area contributed by atoms with Gasteiger partial charge in [-0.3, -0.25) is 0 Å². The van der Waals surface area contributed by atoms with E-state index >= 15 is 0 Å². The maximum Gasteiger partial charge on any atom is 0.0994 e. The van der Waals surface area contributed by atoms with Crippen molar-refractivity contribution in [2.75, 3.05) is 13.2 Å². The zero-order valence-corrected chi connectivity index (χ0v) is 5.94. The van der Waals surface area contributed by atoms with Gasteiger partial charge in [-0.05, 0) is 20.8 Å². The zero-order chi connectivity index (χ0) is 6.62. The molecule has 0 spiro atoms. The molecule has 0 aromatic heterocycles. The van der Waals surface area contributed by atoms with Crippen molar-refractivity contribution in [3.63, 3.8) is 0 Å². The Morgan fingerprint density at radius 1 is 1.38 bits per heavy atom. The van der Waals surface area contributed by atoms with Crippen LogP contribution in [0.1, 0.15) is 20.8 Å². The van der Waals surface area contributed by atoms with Crippen LogP contribution in [-0.4, -0.2) is 23.8 Å². The molecule has 0 rings (SSSR count). The highest BCUT2D eigenvalue weighted by atomic mass is 16.3. The van der Waals surface area contributed by atoms with Gasteiger partial charge in [0.05, 0.1) is 18.7 Å². The van der Waals surface area contributed by atoms with Gasteiger partial charge >= 0.3 is 0 Å². The lowest BCUT2D eigenvalue weighted by Crippen LogP contribution is -2.95. The van der Waals surface area contributed by atoms with E-state index in [0.29, 0.717) is 0 Å². The van der Waals surface area contributed by atoms with E-state index < -0.39 is 0 Å². The van der Waals surface area contributed by atoms with Crippen molar-refractivity contribution >= 4 is 0 Å². The minimum absolute atomic E-state index is 0.267. The second-order valence-electron chi connectivity index (χ2n) is 3.08. The largest absolute Gasteiger partial charge is 0.391 e. The number of aliphatic hydroxyl groups excluding tert-OH is 1. The molecule has 0 heterocycles. The average Bonchev–Trinajstić information content (AvgIpc) is 1.59. The summed E-state index contributed by atoms with van der Waals surface area (Å²) in [6.45, 7) is 7.47. The molecule has 2 nitrogen and oxygen atoms in total. The zero-order valence-electron chi connectivity index (χ0n) is 5.94. The van der Waals surface area contributed by atoms with Crippen LogP contribution in [0.2, 0.25) is 0 Å². The Hall–Kier alpha value is -0.0800. The predicted octanol–water partition coefficient (Wildman–Crippen LogP) is -0.659. The third kappa shape index (κ3) is 5.92. The van der Waals surface area contributed by atoms with Crippen LogP contribution >= 0.6 is 0 Å². The van der Waals surface area contributed by atoms with Crippen LogP contribution in [0.5, 0.6) is 0 Å². The molecule has 0 aromatic carbocycles. The van der Waals surface area contributed by atoms with Crippen molar-refractivity contribution in [2.24, 2.45) is 0 Å². The fourth-order valence-corrected chi connectivity index (χ4v) is 0.498. The quantitative estimate of drug-likeness (QED) is 0.496. The molecule has 0 bridgehead atoms. The summed E-state index contributed by atoms with van der Waals surface area (Å²) in [5.41, 5.74) is 0.267. The number of quaternary nitrogens is 1. The van der Waals surface area contributed by atoms with Crippen molar-refractivity contribution in [3.8, 4) is 0 Å². The van der Waals surface area contributed by atoms with Crippen molar-refractivity contribution < 1.29 is 10.4 Å². The Kier molecular flexibility index (Phi) is 3.02. The highest BCUT2D eigenvalue weighted by Gasteiger charge is 2.10. The second kappa shape index (κ2) is 3.05. The summed E-state index contributed by atoms with van der Waals surface area (Å²) in [6, 6.07) is 0. The summed E-state index contributed by atoms with van der Waals surface area (Å²) in [4.78, 5) is 0. The number of hydrogen-bond acceptors (Lipinski definition) is 1. The summed E-state index contributed by atoms with van der Waals surface area (Å²) in [5.74, 6) is 0. The van der Waals surface area contributed by atoms with Gasteiger partial charge in [0.1, 0.15) is 0 Å². The van der Waals surface area contributed by atoms with Gasteiger partial charge in [0.15, 0.2) is 0 Å². The first-order chi connectivity index (χ1) is 3.56. The van der Waals surface area contributed by atoms with Gasteiger partial charge in [0.25, 0.3) is 0 Å². The van der Waals surface area contributed by atoms with Gasteiger partial charge < -0.3 is 10.4 Å². The molecule has 0 saturated carbocycles. The second-order valence-corrected chi connectivity index (χ2v) is 3.08. The first-order valence-corrected chi connectivity index (χ1v) is 3.01. The van der Waals surface area contributed by atoms with Crippen LogP contribution < -0.4 is 5.32 Å². The fraction of sp³-hybridized carbons (Fsp3) is 1.00. The van der Waals surface area contributed by atoms with Gasteiger partial charge in [-0.1, -0.05) is 0 Å². The summed E-state index contributed by atoms with van der Waals surface area (Å²) in [6.07, 6.45) is 0. The summed E-state index contributed by atoms with van der Waals surface area (Å²) in [7, 11) is 0. The molecule has 0 aromatic rings. The maximum absolute atomic E-state index is 8.40. The lowest BCUT2D eigenvalue weighted by molar-refractivity contribution is -0.717. The summed E-state index contributed by atoms with van der Waals surface area (Å²) < 4.78 is 0. The molecular formula is C6H16NO+. The molecule has 8 heavy (non-hydrogen) atoms. The topological polar surface area (TPSA) is 36.8 Å². The molecule has 3 N–H and O–H groups in total. The van der Waals surface area contributed by atoms with E-state index in [2.05, 4.69) is 26.1 Å². The average molecular weight is 118 g/mol. The summed E-state index contributed by atoms with van der Waals surface area (Å²) in [5, 5.41) is 10.5. The van der Waals surface area contributed by atoms with Gasteiger partial charge in [-0.2, -0.15) is 0 Å². The van der Waals surface area contributed by atoms with Gasteiger partial charge in [-0.15, -0.1) is 0 Å². The molecule has 0 aliphatic heterocycles. The van der Waals surface area contributed by atoms with Crippen LogP contribution in [-0.2, 0) is 0 Å². The van der Waals surface area contributed by atoms with Crippen molar-refractivity contribution in [3.05, 3.63) is 0 Å². The Balaban J connectivity index is 3.11. The SMILES string of the molecule is CC(C)(C)[NH2+]CCO. The highest BCUT2D eigenvalue weighted by Crippen LogP contribution is 1.86. The van der Waals surface area contributed by atoms with E-state index in [1.807, 2.05) is 0 Å². The lowest BCUT2D eigenvalue weighted by Gasteiger charge is -2.15. The van der Waals surface area contributed by atoms with Crippen LogP contribution in [0.25, 0.3) is 0 Å². The molecule has 0 fully saturated rings. The van der Waals surface area contributed by atoms with E-state index in [-0.39, 0.29) is 12.1 Å². The third-order valence-electron chi connectivity index (χ3n) is 0.886. The Bertz CT molecular complexity index is 56.0. The van der Waals surface area contributed by atoms with Gasteiger partial charge in [-0.25, -0.2) is 0 Å². The van der Waals surface area contributed by atoms with Crippen molar-refractivity contribution in [2.45, 2.75) is 26.3 Å². The van der Waals surface area contributed by atoms with Crippen LogP contribution in [0.15, 0.2) is 0 Å². The number of aliphatic hydroxyl groups is 1. The highest BCUT2D eigenvalue weighted by molar-refractivity contribution is 4.51. The molecule has 0 aliphatic rings. The monoisotopic (exact) mass is 118 g/mol. The van der Waals surface area contributed by atoms with Gasteiger partial charge in [0.2, 0.25) is 0 Å². The van der Waals surface area contributed by atoms with E-state index in [4.69, 9.17) is 5.11 Å². The Morgan fingerprint density at radius 2 is 1.88 bits per heavy atom. The minimum Gasteiger partial charge on any atom is -0.391 e. The summed E-state index contributed by atoms with van der Waals surface area (Å²) >= 11 is 0. The van der Waals surface area contributed by atoms with Crippen molar-refractivity contribution in [1.82, 2.24) is 0 Å². The molecule has 2 heteroatoms. The number of hydrogen-bond donors (Lipinski definition) is 2. The van der Waals surface area contributed by atoms with E-state index in [0.717, 1.165) is 6.54 Å². The molecule has 0 saturated heterocycles. The van der Waals surface area contributed by atoms with Crippen LogP contribution in [0, 0.1) is 0 Å². The molecule has 0 aliphatic carbocycles. The molecule has 0 radical (unpaired) electrons. The molecule has 50 valence electrons. The van der Waals surface area contributed by atoms with Crippen LogP contribution in [0.4, 0.5) is 0 Å². The Morgan fingerprint density at radius 3 is 2.00 bits per heavy atom. The molecule has 0 amide bonds. The van der Waals surface area contributed by atoms with E-state index in [9.17, 15) is 0 Å². The van der Waals surface area contributed by atoms with E-state index in [1.165, 1.54) is 0 Å². The van der Waals surface area contributed by atoms with Crippen LogP contribution in [0.3, 0.4) is 0 Å². The van der Waals surface area contributed by atoms with Gasteiger partial charge in [0, 0.05) is 0 Å². The third-order valence-corrected chi connectivity index (χ3v) is 0.886. The lowest BCUT2D eigenvalue weighted by atomic mass is 10.1. The van der Waals surface area contributed by atoms with E-state index in [1.54, 1.807) is 0 Å². The number of nitrogens with two attached hydrogens (primary N) is 1. The molecular weight excluding hydrogens is 102 g/mol. The molecule has 0 unspecified atom stereocenters. The molecule has 0 atom stereocenters. The maximum atomic E-state index is 8.40.